The van der Waals surface area contributed by atoms with Crippen molar-refractivity contribution in [2.24, 2.45) is 5.92 Å². The molecule has 3 aromatic heterocycles. The zero-order chi connectivity index (χ0) is 22.9. The fourth-order valence-electron chi connectivity index (χ4n) is 3.55. The van der Waals surface area contributed by atoms with Gasteiger partial charge >= 0.3 is 0 Å². The molecule has 0 atom stereocenters. The Hall–Kier alpha value is -4.14. The molecular formula is C24H24N6O3. The van der Waals surface area contributed by atoms with Gasteiger partial charge in [-0.15, -0.1) is 5.10 Å². The van der Waals surface area contributed by atoms with Gasteiger partial charge in [-0.2, -0.15) is 4.98 Å². The topological polar surface area (TPSA) is 103 Å². The molecule has 1 aromatic carbocycles. The van der Waals surface area contributed by atoms with Crippen LogP contribution in [0.25, 0.3) is 5.65 Å². The van der Waals surface area contributed by atoms with E-state index in [9.17, 15) is 9.59 Å². The number of ether oxygens (including phenoxy) is 1. The van der Waals surface area contributed by atoms with Gasteiger partial charge in [0.2, 0.25) is 11.9 Å². The van der Waals surface area contributed by atoms with Gasteiger partial charge in [0, 0.05) is 36.6 Å². The minimum absolute atomic E-state index is 0.0392. The summed E-state index contributed by atoms with van der Waals surface area (Å²) in [6.45, 7) is 4.76. The highest BCUT2D eigenvalue weighted by Gasteiger charge is 2.30. The Labute approximate surface area is 190 Å². The van der Waals surface area contributed by atoms with Crippen molar-refractivity contribution in [3.63, 3.8) is 0 Å². The number of benzene rings is 1. The molecule has 0 saturated heterocycles. The predicted molar refractivity (Wildman–Crippen MR) is 124 cm³/mol. The van der Waals surface area contributed by atoms with E-state index in [2.05, 4.69) is 20.7 Å². The molecule has 2 N–H and O–H groups in total. The lowest BCUT2D eigenvalue weighted by atomic mass is 10.2. The molecule has 33 heavy (non-hydrogen) atoms. The van der Waals surface area contributed by atoms with Crippen LogP contribution >= 0.6 is 0 Å². The van der Waals surface area contributed by atoms with E-state index in [1.807, 2.05) is 42.9 Å². The first-order valence-corrected chi connectivity index (χ1v) is 10.9. The van der Waals surface area contributed by atoms with E-state index >= 15 is 0 Å². The van der Waals surface area contributed by atoms with Gasteiger partial charge < -0.3 is 14.6 Å². The highest BCUT2D eigenvalue weighted by atomic mass is 16.5. The Morgan fingerprint density at radius 2 is 1.94 bits per heavy atom. The first-order valence-electron chi connectivity index (χ1n) is 10.9. The number of nitrogens with one attached hydrogen (secondary N) is 2. The maximum absolute atomic E-state index is 12.7. The van der Waals surface area contributed by atoms with Gasteiger partial charge in [0.1, 0.15) is 11.5 Å². The van der Waals surface area contributed by atoms with Crippen molar-refractivity contribution in [1.82, 2.24) is 19.2 Å². The molecule has 0 radical (unpaired) electrons. The van der Waals surface area contributed by atoms with Gasteiger partial charge in [0.05, 0.1) is 11.8 Å². The van der Waals surface area contributed by atoms with Gasteiger partial charge in [-0.1, -0.05) is 6.07 Å². The maximum Gasteiger partial charge on any atom is 0.257 e. The van der Waals surface area contributed by atoms with Crippen molar-refractivity contribution in [3.05, 3.63) is 66.1 Å². The number of aromatic nitrogens is 4. The van der Waals surface area contributed by atoms with Crippen LogP contribution in [-0.2, 0) is 11.3 Å². The summed E-state index contributed by atoms with van der Waals surface area (Å²) in [5, 5.41) is 9.98. The summed E-state index contributed by atoms with van der Waals surface area (Å²) < 4.78 is 9.51. The van der Waals surface area contributed by atoms with Crippen LogP contribution in [-0.4, -0.2) is 31.0 Å². The fourth-order valence-corrected chi connectivity index (χ4v) is 3.55. The number of pyridine rings is 1. The average Bonchev–Trinajstić information content (AvgIpc) is 3.47. The molecule has 1 saturated carbocycles. The predicted octanol–water partition coefficient (Wildman–Crippen LogP) is 4.25. The number of aryl methyl sites for hydroxylation is 2. The van der Waals surface area contributed by atoms with E-state index in [4.69, 9.17) is 4.74 Å². The molecule has 9 nitrogen and oxygen atoms in total. The van der Waals surface area contributed by atoms with Gasteiger partial charge in [0.25, 0.3) is 5.91 Å². The van der Waals surface area contributed by atoms with Gasteiger partial charge in [-0.3, -0.25) is 14.9 Å². The van der Waals surface area contributed by atoms with E-state index in [1.165, 1.54) is 0 Å². The summed E-state index contributed by atoms with van der Waals surface area (Å²) >= 11 is 0. The minimum atomic E-state index is -0.165. The van der Waals surface area contributed by atoms with Crippen LogP contribution in [0.15, 0.2) is 55.0 Å². The average molecular weight is 444 g/mol. The summed E-state index contributed by atoms with van der Waals surface area (Å²) in [5.74, 6) is 1.27. The van der Waals surface area contributed by atoms with E-state index in [1.54, 1.807) is 35.0 Å². The zero-order valence-electron chi connectivity index (χ0n) is 18.4. The van der Waals surface area contributed by atoms with Crippen molar-refractivity contribution in [2.45, 2.75) is 33.2 Å². The molecule has 3 heterocycles. The van der Waals surface area contributed by atoms with Crippen molar-refractivity contribution in [1.29, 1.82) is 0 Å². The van der Waals surface area contributed by atoms with Crippen molar-refractivity contribution < 1.29 is 14.3 Å². The molecule has 0 aliphatic heterocycles. The third kappa shape index (κ3) is 4.57. The third-order valence-electron chi connectivity index (χ3n) is 5.50. The van der Waals surface area contributed by atoms with E-state index in [0.717, 1.165) is 24.9 Å². The standard InChI is InChI=1S/C24H24N6O3/c1-3-29-12-15(2)20(14-29)23(32)25-17-5-4-6-18(11-17)33-19-9-10-21-26-24(28-30(21)13-19)27-22(31)16-7-8-16/h4-6,9-14,16H,3,7-8H2,1-2H3,(H,25,32)(H,27,28,31). The third-order valence-corrected chi connectivity index (χ3v) is 5.50. The van der Waals surface area contributed by atoms with Crippen LogP contribution in [0.4, 0.5) is 11.6 Å². The number of anilines is 2. The summed E-state index contributed by atoms with van der Waals surface area (Å²) in [7, 11) is 0. The van der Waals surface area contributed by atoms with E-state index in [-0.39, 0.29) is 23.7 Å². The number of rotatable bonds is 7. The Kier molecular flexibility index (Phi) is 5.29. The monoisotopic (exact) mass is 444 g/mol. The molecule has 9 heteroatoms. The van der Waals surface area contributed by atoms with Gasteiger partial charge in [0.15, 0.2) is 5.65 Å². The number of hydrogen-bond donors (Lipinski definition) is 2. The first-order chi connectivity index (χ1) is 16.0. The second kappa shape index (κ2) is 8.42. The quantitative estimate of drug-likeness (QED) is 0.444. The summed E-state index contributed by atoms with van der Waals surface area (Å²) in [6.07, 6.45) is 7.33. The summed E-state index contributed by atoms with van der Waals surface area (Å²) in [6, 6.07) is 10.7. The lowest BCUT2D eigenvalue weighted by Gasteiger charge is -2.09. The largest absolute Gasteiger partial charge is 0.456 e. The molecule has 4 aromatic rings. The van der Waals surface area contributed by atoms with Crippen LogP contribution in [0, 0.1) is 12.8 Å². The SMILES string of the molecule is CCn1cc(C)c(C(=O)Nc2cccc(Oc3ccc4nc(NC(=O)C5CC5)nn4c3)c2)c1. The molecular weight excluding hydrogens is 420 g/mol. The Bertz CT molecular complexity index is 1350. The molecule has 0 spiro atoms. The van der Waals surface area contributed by atoms with Crippen molar-refractivity contribution >= 4 is 29.1 Å². The highest BCUT2D eigenvalue weighted by Crippen LogP contribution is 2.30. The van der Waals surface area contributed by atoms with Crippen LogP contribution in [0.1, 0.15) is 35.7 Å². The van der Waals surface area contributed by atoms with E-state index in [0.29, 0.717) is 28.4 Å². The van der Waals surface area contributed by atoms with Crippen molar-refractivity contribution in [2.75, 3.05) is 10.6 Å². The number of hydrogen-bond acceptors (Lipinski definition) is 5. The zero-order valence-corrected chi connectivity index (χ0v) is 18.4. The molecule has 1 aliphatic rings. The number of fused-ring (bicyclic) bond motifs is 1. The Balaban J connectivity index is 1.29. The van der Waals surface area contributed by atoms with Crippen LogP contribution < -0.4 is 15.4 Å². The normalized spacial score (nSPS) is 13.2. The number of carbonyl (C=O) groups excluding carboxylic acids is 2. The van der Waals surface area contributed by atoms with Gasteiger partial charge in [-0.25, -0.2) is 4.52 Å². The summed E-state index contributed by atoms with van der Waals surface area (Å²) in [4.78, 5) is 28.9. The lowest BCUT2D eigenvalue weighted by Crippen LogP contribution is -2.14. The van der Waals surface area contributed by atoms with Crippen LogP contribution in [0.5, 0.6) is 11.5 Å². The van der Waals surface area contributed by atoms with Gasteiger partial charge in [-0.05, 0) is 56.5 Å². The number of nitrogens with zero attached hydrogens (tertiary/aromatic N) is 4. The lowest BCUT2D eigenvalue weighted by molar-refractivity contribution is -0.117. The Morgan fingerprint density at radius 3 is 2.70 bits per heavy atom. The minimum Gasteiger partial charge on any atom is -0.456 e. The molecule has 1 aliphatic carbocycles. The highest BCUT2D eigenvalue weighted by molar-refractivity contribution is 6.05. The maximum atomic E-state index is 12.7. The second-order valence-electron chi connectivity index (χ2n) is 8.14. The molecule has 168 valence electrons. The smallest absolute Gasteiger partial charge is 0.257 e. The molecule has 1 fully saturated rings. The number of carbonyl (C=O) groups is 2. The van der Waals surface area contributed by atoms with Crippen molar-refractivity contribution in [3.8, 4) is 11.5 Å². The molecule has 5 rings (SSSR count). The second-order valence-corrected chi connectivity index (χ2v) is 8.14. The molecule has 0 bridgehead atoms. The summed E-state index contributed by atoms with van der Waals surface area (Å²) in [5.41, 5.74) is 2.80. The first kappa shape index (κ1) is 20.7. The van der Waals surface area contributed by atoms with Crippen LogP contribution in [0.3, 0.4) is 0 Å². The molecule has 2 amide bonds. The fraction of sp³-hybridized carbons (Fsp3) is 0.250. The number of amides is 2. The van der Waals surface area contributed by atoms with Crippen LogP contribution in [0.2, 0.25) is 0 Å². The molecule has 0 unspecified atom stereocenters. The Morgan fingerprint density at radius 1 is 1.09 bits per heavy atom. The van der Waals surface area contributed by atoms with E-state index < -0.39 is 0 Å².